The second-order valence-electron chi connectivity index (χ2n) is 9.18. The number of nitrogens with one attached hydrogen (secondary N) is 1. The van der Waals surface area contributed by atoms with Gasteiger partial charge in [-0.2, -0.15) is 15.4 Å². The van der Waals surface area contributed by atoms with Crippen LogP contribution in [0, 0.1) is 11.8 Å². The molecule has 0 bridgehead atoms. The number of ether oxygens (including phenoxy) is 1. The molecule has 2 aliphatic rings. The number of likely N-dealkylation sites (tertiary alicyclic amines) is 2. The van der Waals surface area contributed by atoms with Crippen LogP contribution in [0.25, 0.3) is 11.0 Å². The zero-order valence-electron chi connectivity index (χ0n) is 18.6. The maximum Gasteiger partial charge on any atom is 0.573 e. The van der Waals surface area contributed by atoms with Gasteiger partial charge in [0, 0.05) is 39.1 Å². The standard InChI is InChI=1S/C24H26F3N5O2/c25-24(26,27)34-20-5-1-16(2-6-20)4-8-23(33)32-10-9-18-13-31(14-19(18)15-32)12-17-3-7-21-22(11-17)29-30-28-21/h1-3,5-7,11,18-19H,4,8-10,12-15H2,(H,28,29,30)/t18-,19+/m1/s1. The third-order valence-corrected chi connectivity index (χ3v) is 6.80. The molecule has 0 saturated carbocycles. The van der Waals surface area contributed by atoms with Crippen molar-refractivity contribution in [3.05, 3.63) is 53.6 Å². The molecule has 0 aliphatic carbocycles. The lowest BCUT2D eigenvalue weighted by Gasteiger charge is -2.34. The molecule has 5 rings (SSSR count). The molecule has 0 radical (unpaired) electrons. The molecule has 10 heteroatoms. The monoisotopic (exact) mass is 473 g/mol. The number of amides is 1. The van der Waals surface area contributed by atoms with Crippen LogP contribution in [0.1, 0.15) is 24.0 Å². The van der Waals surface area contributed by atoms with Crippen LogP contribution in [-0.2, 0) is 17.8 Å². The lowest BCUT2D eigenvalue weighted by molar-refractivity contribution is -0.274. The molecule has 1 aromatic heterocycles. The minimum Gasteiger partial charge on any atom is -0.406 e. The zero-order chi connectivity index (χ0) is 23.7. The fourth-order valence-electron chi connectivity index (χ4n) is 5.13. The fraction of sp³-hybridized carbons (Fsp3) is 0.458. The van der Waals surface area contributed by atoms with E-state index in [1.54, 1.807) is 12.1 Å². The first kappa shape index (κ1) is 22.6. The Morgan fingerprint density at radius 3 is 2.53 bits per heavy atom. The topological polar surface area (TPSA) is 74.3 Å². The normalized spacial score (nSPS) is 21.1. The second kappa shape index (κ2) is 9.25. The summed E-state index contributed by atoms with van der Waals surface area (Å²) in [5, 5.41) is 10.9. The molecule has 1 amide bonds. The van der Waals surface area contributed by atoms with Gasteiger partial charge < -0.3 is 9.64 Å². The number of carbonyl (C=O) groups is 1. The molecule has 3 aromatic rings. The molecule has 3 heterocycles. The van der Waals surface area contributed by atoms with Crippen LogP contribution >= 0.6 is 0 Å². The number of piperidine rings is 1. The molecule has 2 fully saturated rings. The highest BCUT2D eigenvalue weighted by Gasteiger charge is 2.38. The van der Waals surface area contributed by atoms with Gasteiger partial charge in [0.15, 0.2) is 0 Å². The molecule has 7 nitrogen and oxygen atoms in total. The fourth-order valence-corrected chi connectivity index (χ4v) is 5.13. The van der Waals surface area contributed by atoms with Gasteiger partial charge in [-0.25, -0.2) is 0 Å². The Kier molecular flexibility index (Phi) is 6.16. The Labute approximate surface area is 194 Å². The summed E-state index contributed by atoms with van der Waals surface area (Å²) in [6.07, 6.45) is -2.87. The number of hydrogen-bond donors (Lipinski definition) is 1. The molecule has 2 atom stereocenters. The van der Waals surface area contributed by atoms with Gasteiger partial charge in [0.25, 0.3) is 0 Å². The van der Waals surface area contributed by atoms with Gasteiger partial charge >= 0.3 is 6.36 Å². The minimum atomic E-state index is -4.70. The van der Waals surface area contributed by atoms with Crippen molar-refractivity contribution < 1.29 is 22.7 Å². The number of halogens is 3. The first-order valence-corrected chi connectivity index (χ1v) is 11.5. The van der Waals surface area contributed by atoms with Gasteiger partial charge in [-0.05, 0) is 60.1 Å². The van der Waals surface area contributed by atoms with Crippen molar-refractivity contribution in [2.75, 3.05) is 26.2 Å². The van der Waals surface area contributed by atoms with E-state index in [4.69, 9.17) is 0 Å². The van der Waals surface area contributed by atoms with Crippen LogP contribution in [-0.4, -0.2) is 63.7 Å². The summed E-state index contributed by atoms with van der Waals surface area (Å²) in [6.45, 7) is 4.39. The maximum absolute atomic E-state index is 12.8. The van der Waals surface area contributed by atoms with Crippen LogP contribution in [0.5, 0.6) is 5.75 Å². The van der Waals surface area contributed by atoms with E-state index in [0.717, 1.165) is 55.7 Å². The van der Waals surface area contributed by atoms with Gasteiger partial charge in [-0.15, -0.1) is 13.2 Å². The van der Waals surface area contributed by atoms with Crippen molar-refractivity contribution in [2.45, 2.75) is 32.2 Å². The smallest absolute Gasteiger partial charge is 0.406 e. The minimum absolute atomic E-state index is 0.101. The molecule has 1 N–H and O–H groups in total. The zero-order valence-corrected chi connectivity index (χ0v) is 18.6. The van der Waals surface area contributed by atoms with E-state index >= 15 is 0 Å². The molecule has 2 aromatic carbocycles. The Morgan fingerprint density at radius 2 is 1.74 bits per heavy atom. The number of rotatable bonds is 6. The molecule has 2 aliphatic heterocycles. The molecular formula is C24H26F3N5O2. The highest BCUT2D eigenvalue weighted by Crippen LogP contribution is 2.32. The Hall–Kier alpha value is -3.14. The van der Waals surface area contributed by atoms with E-state index in [9.17, 15) is 18.0 Å². The van der Waals surface area contributed by atoms with E-state index in [2.05, 4.69) is 37.2 Å². The highest BCUT2D eigenvalue weighted by atomic mass is 19.4. The molecule has 34 heavy (non-hydrogen) atoms. The number of aryl methyl sites for hydroxylation is 1. The number of benzene rings is 2. The van der Waals surface area contributed by atoms with Gasteiger partial charge in [-0.3, -0.25) is 9.69 Å². The number of nitrogens with zero attached hydrogens (tertiary/aromatic N) is 4. The van der Waals surface area contributed by atoms with Crippen LogP contribution < -0.4 is 4.74 Å². The number of aromatic nitrogens is 3. The number of alkyl halides is 3. The lowest BCUT2D eigenvalue weighted by atomic mass is 9.88. The summed E-state index contributed by atoms with van der Waals surface area (Å²) in [6, 6.07) is 11.9. The number of H-pyrrole nitrogens is 1. The van der Waals surface area contributed by atoms with E-state index in [1.165, 1.54) is 17.7 Å². The first-order valence-electron chi connectivity index (χ1n) is 11.5. The van der Waals surface area contributed by atoms with Crippen molar-refractivity contribution in [3.8, 4) is 5.75 Å². The van der Waals surface area contributed by atoms with Crippen molar-refractivity contribution in [1.29, 1.82) is 0 Å². The average molecular weight is 473 g/mol. The highest BCUT2D eigenvalue weighted by molar-refractivity contribution is 5.76. The quantitative estimate of drug-likeness (QED) is 0.590. The van der Waals surface area contributed by atoms with E-state index in [-0.39, 0.29) is 11.7 Å². The Morgan fingerprint density at radius 1 is 1.00 bits per heavy atom. The summed E-state index contributed by atoms with van der Waals surface area (Å²) < 4.78 is 40.8. The van der Waals surface area contributed by atoms with Gasteiger partial charge in [-0.1, -0.05) is 18.2 Å². The largest absolute Gasteiger partial charge is 0.573 e. The van der Waals surface area contributed by atoms with Crippen molar-refractivity contribution in [2.24, 2.45) is 11.8 Å². The van der Waals surface area contributed by atoms with Gasteiger partial charge in [0.2, 0.25) is 5.91 Å². The first-order chi connectivity index (χ1) is 16.3. The number of aromatic amines is 1. The Balaban J connectivity index is 1.10. The number of fused-ring (bicyclic) bond motifs is 2. The molecule has 2 saturated heterocycles. The van der Waals surface area contributed by atoms with Crippen LogP contribution in [0.15, 0.2) is 42.5 Å². The van der Waals surface area contributed by atoms with E-state index in [0.29, 0.717) is 24.7 Å². The lowest BCUT2D eigenvalue weighted by Crippen LogP contribution is -2.43. The van der Waals surface area contributed by atoms with E-state index in [1.807, 2.05) is 11.0 Å². The third-order valence-electron chi connectivity index (χ3n) is 6.80. The molecule has 0 spiro atoms. The number of hydrogen-bond acceptors (Lipinski definition) is 5. The second-order valence-corrected chi connectivity index (χ2v) is 9.18. The summed E-state index contributed by atoms with van der Waals surface area (Å²) in [5.41, 5.74) is 3.75. The SMILES string of the molecule is O=C(CCc1ccc(OC(F)(F)F)cc1)N1CC[C@@H]2CN(Cc3ccc4n[nH]nc4c3)C[C@H]2C1. The van der Waals surface area contributed by atoms with Crippen LogP contribution in [0.4, 0.5) is 13.2 Å². The van der Waals surface area contributed by atoms with Crippen LogP contribution in [0.2, 0.25) is 0 Å². The molecule has 0 unspecified atom stereocenters. The molecule has 180 valence electrons. The number of carbonyl (C=O) groups excluding carboxylic acids is 1. The average Bonchev–Trinajstić information content (AvgIpc) is 3.42. The van der Waals surface area contributed by atoms with Crippen LogP contribution in [0.3, 0.4) is 0 Å². The summed E-state index contributed by atoms with van der Waals surface area (Å²) in [7, 11) is 0. The van der Waals surface area contributed by atoms with Crippen molar-refractivity contribution in [3.63, 3.8) is 0 Å². The molecular weight excluding hydrogens is 447 g/mol. The van der Waals surface area contributed by atoms with E-state index < -0.39 is 6.36 Å². The summed E-state index contributed by atoms with van der Waals surface area (Å²) in [4.78, 5) is 17.2. The summed E-state index contributed by atoms with van der Waals surface area (Å²) in [5.74, 6) is 0.911. The Bertz CT molecular complexity index is 1150. The van der Waals surface area contributed by atoms with Crippen molar-refractivity contribution >= 4 is 16.9 Å². The predicted molar refractivity (Wildman–Crippen MR) is 119 cm³/mol. The van der Waals surface area contributed by atoms with Crippen molar-refractivity contribution in [1.82, 2.24) is 25.2 Å². The van der Waals surface area contributed by atoms with Gasteiger partial charge in [0.1, 0.15) is 16.8 Å². The summed E-state index contributed by atoms with van der Waals surface area (Å²) >= 11 is 0. The predicted octanol–water partition coefficient (Wildman–Crippen LogP) is 3.77. The third kappa shape index (κ3) is 5.32. The maximum atomic E-state index is 12.8. The van der Waals surface area contributed by atoms with Gasteiger partial charge in [0.05, 0.1) is 0 Å².